The summed E-state index contributed by atoms with van der Waals surface area (Å²) in [6.07, 6.45) is 0.956. The van der Waals surface area contributed by atoms with Crippen molar-refractivity contribution in [3.8, 4) is 17.2 Å². The lowest BCUT2D eigenvalue weighted by atomic mass is 9.95. The molecule has 4 nitrogen and oxygen atoms in total. The third kappa shape index (κ3) is 5.62. The lowest BCUT2D eigenvalue weighted by Gasteiger charge is -2.33. The number of methoxy groups -OCH3 is 2. The van der Waals surface area contributed by atoms with E-state index in [4.69, 9.17) is 14.2 Å². The predicted molar refractivity (Wildman–Crippen MR) is 135 cm³/mol. The highest BCUT2D eigenvalue weighted by molar-refractivity contribution is 7.48. The van der Waals surface area contributed by atoms with Gasteiger partial charge >= 0.3 is 0 Å². The molecule has 0 radical (unpaired) electrons. The van der Waals surface area contributed by atoms with Crippen molar-refractivity contribution in [2.24, 2.45) is 0 Å². The molecule has 2 atom stereocenters. The minimum absolute atomic E-state index is 0.141. The normalized spacial score (nSPS) is 13.2. The van der Waals surface area contributed by atoms with Crippen LogP contribution in [0, 0.1) is 0 Å². The SMILES string of the molecule is CCC(C)(Pc1ccccc1CNC)c1cc(OC)cc(OC)c1OCc1ccccc1. The first-order valence-electron chi connectivity index (χ1n) is 11.0. The van der Waals surface area contributed by atoms with E-state index in [1.807, 2.05) is 31.3 Å². The lowest BCUT2D eigenvalue weighted by molar-refractivity contribution is 0.277. The van der Waals surface area contributed by atoms with Crippen molar-refractivity contribution in [2.45, 2.75) is 38.6 Å². The van der Waals surface area contributed by atoms with Crippen LogP contribution in [0.15, 0.2) is 66.7 Å². The standard InChI is InChI=1S/C27H34NO3P/c1-6-27(2,32-25-15-11-10-14-21(25)18-28-3)23-16-22(29-4)17-24(30-5)26(23)31-19-20-12-8-7-9-13-20/h7-17,28,32H,6,18-19H2,1-5H3. The monoisotopic (exact) mass is 451 g/mol. The number of benzene rings is 3. The maximum absolute atomic E-state index is 6.42. The van der Waals surface area contributed by atoms with Crippen molar-refractivity contribution in [2.75, 3.05) is 21.3 Å². The molecule has 0 saturated heterocycles. The van der Waals surface area contributed by atoms with Crippen LogP contribution in [0.25, 0.3) is 0 Å². The van der Waals surface area contributed by atoms with E-state index in [-0.39, 0.29) is 5.16 Å². The molecule has 1 N–H and O–H groups in total. The van der Waals surface area contributed by atoms with Crippen LogP contribution in [0.5, 0.6) is 17.2 Å². The highest BCUT2D eigenvalue weighted by atomic mass is 31.1. The minimum atomic E-state index is -0.141. The number of hydrogen-bond donors (Lipinski definition) is 1. The molecule has 0 aliphatic heterocycles. The lowest BCUT2D eigenvalue weighted by Crippen LogP contribution is -2.22. The highest BCUT2D eigenvalue weighted by Gasteiger charge is 2.32. The Bertz CT molecular complexity index is 1010. The first-order chi connectivity index (χ1) is 15.5. The Kier molecular flexibility index (Phi) is 8.55. The molecule has 0 aliphatic carbocycles. The van der Waals surface area contributed by atoms with Crippen LogP contribution >= 0.6 is 8.58 Å². The first-order valence-corrected chi connectivity index (χ1v) is 12.0. The molecule has 5 heteroatoms. The molecule has 0 bridgehead atoms. The van der Waals surface area contributed by atoms with Crippen LogP contribution in [0.4, 0.5) is 0 Å². The molecule has 0 fully saturated rings. The minimum Gasteiger partial charge on any atom is -0.497 e. The molecule has 3 aromatic carbocycles. The van der Waals surface area contributed by atoms with Gasteiger partial charge in [-0.15, -0.1) is 0 Å². The fourth-order valence-electron chi connectivity index (χ4n) is 3.77. The van der Waals surface area contributed by atoms with Crippen LogP contribution in [-0.4, -0.2) is 21.3 Å². The van der Waals surface area contributed by atoms with Gasteiger partial charge in [0.05, 0.1) is 14.2 Å². The van der Waals surface area contributed by atoms with Gasteiger partial charge in [0.25, 0.3) is 0 Å². The fourth-order valence-corrected chi connectivity index (χ4v) is 5.37. The van der Waals surface area contributed by atoms with Crippen molar-refractivity contribution >= 4 is 13.9 Å². The average molecular weight is 452 g/mol. The van der Waals surface area contributed by atoms with Crippen LogP contribution in [0.2, 0.25) is 0 Å². The van der Waals surface area contributed by atoms with Gasteiger partial charge in [-0.3, -0.25) is 0 Å². The molecular formula is C27H34NO3P. The Balaban J connectivity index is 2.05. The summed E-state index contributed by atoms with van der Waals surface area (Å²) in [4.78, 5) is 0. The van der Waals surface area contributed by atoms with Gasteiger partial charge in [-0.2, -0.15) is 0 Å². The average Bonchev–Trinajstić information content (AvgIpc) is 2.84. The van der Waals surface area contributed by atoms with Gasteiger partial charge in [-0.1, -0.05) is 77.0 Å². The molecule has 32 heavy (non-hydrogen) atoms. The van der Waals surface area contributed by atoms with Crippen molar-refractivity contribution in [1.82, 2.24) is 5.32 Å². The van der Waals surface area contributed by atoms with Gasteiger partial charge in [-0.25, -0.2) is 0 Å². The topological polar surface area (TPSA) is 39.7 Å². The van der Waals surface area contributed by atoms with Gasteiger partial charge in [-0.05, 0) is 36.0 Å². The summed E-state index contributed by atoms with van der Waals surface area (Å²) in [6, 6.07) is 22.9. The molecule has 0 aromatic heterocycles. The summed E-state index contributed by atoms with van der Waals surface area (Å²) < 4.78 is 17.8. The predicted octanol–water partition coefficient (Wildman–Crippen LogP) is 5.63. The molecule has 0 amide bonds. The highest BCUT2D eigenvalue weighted by Crippen LogP contribution is 2.51. The number of rotatable bonds is 11. The van der Waals surface area contributed by atoms with Gasteiger partial charge < -0.3 is 19.5 Å². The van der Waals surface area contributed by atoms with Gasteiger partial charge in [0, 0.05) is 23.3 Å². The second kappa shape index (κ2) is 11.4. The summed E-state index contributed by atoms with van der Waals surface area (Å²) >= 11 is 0. The number of nitrogens with one attached hydrogen (secondary N) is 1. The Hall–Kier alpha value is -2.55. The molecule has 170 valence electrons. The molecule has 0 spiro atoms. The zero-order valence-electron chi connectivity index (χ0n) is 19.7. The second-order valence-corrected chi connectivity index (χ2v) is 9.87. The molecule has 0 heterocycles. The number of hydrogen-bond acceptors (Lipinski definition) is 4. The maximum atomic E-state index is 6.42. The van der Waals surface area contributed by atoms with E-state index in [0.717, 1.165) is 35.6 Å². The van der Waals surface area contributed by atoms with E-state index in [9.17, 15) is 0 Å². The van der Waals surface area contributed by atoms with Crippen LogP contribution in [0.1, 0.15) is 37.0 Å². The molecule has 0 aliphatic rings. The first kappa shape index (κ1) is 24.1. The van der Waals surface area contributed by atoms with Crippen LogP contribution in [-0.2, 0) is 18.3 Å². The van der Waals surface area contributed by atoms with Crippen LogP contribution in [0.3, 0.4) is 0 Å². The number of ether oxygens (including phenoxy) is 3. The maximum Gasteiger partial charge on any atom is 0.166 e. The van der Waals surface area contributed by atoms with E-state index in [1.165, 1.54) is 10.9 Å². The Labute approximate surface area is 194 Å². The molecule has 3 aromatic rings. The fraction of sp³-hybridized carbons (Fsp3) is 0.333. The van der Waals surface area contributed by atoms with Crippen molar-refractivity contribution in [3.05, 3.63) is 83.4 Å². The van der Waals surface area contributed by atoms with Gasteiger partial charge in [0.15, 0.2) is 11.5 Å². The van der Waals surface area contributed by atoms with Crippen molar-refractivity contribution in [1.29, 1.82) is 0 Å². The zero-order chi connectivity index (χ0) is 23.0. The van der Waals surface area contributed by atoms with E-state index in [0.29, 0.717) is 20.9 Å². The van der Waals surface area contributed by atoms with Crippen molar-refractivity contribution < 1.29 is 14.2 Å². The Morgan fingerprint density at radius 3 is 2.31 bits per heavy atom. The smallest absolute Gasteiger partial charge is 0.166 e. The molecule has 0 saturated carbocycles. The van der Waals surface area contributed by atoms with E-state index in [1.54, 1.807) is 14.2 Å². The Morgan fingerprint density at radius 1 is 0.938 bits per heavy atom. The summed E-state index contributed by atoms with van der Waals surface area (Å²) in [7, 11) is 5.93. The van der Waals surface area contributed by atoms with E-state index in [2.05, 4.69) is 61.6 Å². The van der Waals surface area contributed by atoms with E-state index >= 15 is 0 Å². The quantitative estimate of drug-likeness (QED) is 0.384. The summed E-state index contributed by atoms with van der Waals surface area (Å²) in [6.45, 7) is 5.88. The summed E-state index contributed by atoms with van der Waals surface area (Å²) in [5.41, 5.74) is 3.57. The largest absolute Gasteiger partial charge is 0.497 e. The third-order valence-electron chi connectivity index (χ3n) is 5.81. The molecular weight excluding hydrogens is 417 g/mol. The third-order valence-corrected chi connectivity index (χ3v) is 7.74. The zero-order valence-corrected chi connectivity index (χ0v) is 20.7. The van der Waals surface area contributed by atoms with E-state index < -0.39 is 0 Å². The Morgan fingerprint density at radius 2 is 1.66 bits per heavy atom. The van der Waals surface area contributed by atoms with Gasteiger partial charge in [0.1, 0.15) is 12.4 Å². The van der Waals surface area contributed by atoms with Crippen molar-refractivity contribution in [3.63, 3.8) is 0 Å². The van der Waals surface area contributed by atoms with Crippen LogP contribution < -0.4 is 24.8 Å². The van der Waals surface area contributed by atoms with Gasteiger partial charge in [0.2, 0.25) is 0 Å². The summed E-state index contributed by atoms with van der Waals surface area (Å²) in [5, 5.41) is 4.52. The summed E-state index contributed by atoms with van der Waals surface area (Å²) in [5.74, 6) is 2.26. The molecule has 3 rings (SSSR count). The second-order valence-electron chi connectivity index (χ2n) is 7.98. The molecule has 2 unspecified atom stereocenters.